The molecule has 2 aromatic carbocycles. The lowest BCUT2D eigenvalue weighted by atomic mass is 10.1. The third-order valence-electron chi connectivity index (χ3n) is 5.37. The number of ether oxygens (including phenoxy) is 2. The quantitative estimate of drug-likeness (QED) is 0.537. The minimum Gasteiger partial charge on any atom is -0.493 e. The van der Waals surface area contributed by atoms with Crippen molar-refractivity contribution in [2.24, 2.45) is 0 Å². The van der Waals surface area contributed by atoms with Crippen LogP contribution in [0, 0.1) is 10.1 Å². The van der Waals surface area contributed by atoms with Crippen LogP contribution in [-0.4, -0.2) is 55.1 Å². The Morgan fingerprint density at radius 1 is 1.04 bits per heavy atom. The number of nitro groups is 1. The van der Waals surface area contributed by atoms with Crippen LogP contribution in [0.4, 0.5) is 5.69 Å². The highest BCUT2D eigenvalue weighted by Gasteiger charge is 2.23. The van der Waals surface area contributed by atoms with Crippen molar-refractivity contribution in [2.75, 3.05) is 40.4 Å². The second kappa shape index (κ2) is 9.03. The van der Waals surface area contributed by atoms with E-state index in [1.807, 2.05) is 18.2 Å². The molecule has 0 spiro atoms. The van der Waals surface area contributed by atoms with Crippen molar-refractivity contribution in [2.45, 2.75) is 19.5 Å². The molecule has 0 aliphatic carbocycles. The first-order chi connectivity index (χ1) is 13.5. The third-order valence-corrected chi connectivity index (χ3v) is 5.37. The summed E-state index contributed by atoms with van der Waals surface area (Å²) < 4.78 is 10.7. The summed E-state index contributed by atoms with van der Waals surface area (Å²) >= 11 is 0. The van der Waals surface area contributed by atoms with E-state index in [2.05, 4.69) is 22.8 Å². The van der Waals surface area contributed by atoms with Crippen molar-refractivity contribution in [3.8, 4) is 11.5 Å². The first kappa shape index (κ1) is 20.1. The summed E-state index contributed by atoms with van der Waals surface area (Å²) in [5.74, 6) is 1.49. The molecule has 0 bridgehead atoms. The normalized spacial score (nSPS) is 16.5. The SMILES string of the molecule is COc1ccc(CN2CCN([C@@H](C)c3cccc([N+](=O)[O-])c3)CC2)cc1OC. The van der Waals surface area contributed by atoms with Gasteiger partial charge in [-0.25, -0.2) is 0 Å². The van der Waals surface area contributed by atoms with Crippen LogP contribution in [0.3, 0.4) is 0 Å². The molecule has 1 saturated heterocycles. The van der Waals surface area contributed by atoms with E-state index >= 15 is 0 Å². The van der Waals surface area contributed by atoms with Crippen LogP contribution in [0.15, 0.2) is 42.5 Å². The van der Waals surface area contributed by atoms with E-state index in [-0.39, 0.29) is 16.7 Å². The molecule has 0 N–H and O–H groups in total. The minimum atomic E-state index is -0.336. The van der Waals surface area contributed by atoms with Crippen molar-refractivity contribution < 1.29 is 14.4 Å². The lowest BCUT2D eigenvalue weighted by Crippen LogP contribution is -2.46. The van der Waals surface area contributed by atoms with Crippen LogP contribution >= 0.6 is 0 Å². The van der Waals surface area contributed by atoms with E-state index < -0.39 is 0 Å². The number of nitro benzene ring substituents is 1. The Morgan fingerprint density at radius 3 is 2.39 bits per heavy atom. The summed E-state index contributed by atoms with van der Waals surface area (Å²) in [5.41, 5.74) is 2.33. The zero-order valence-electron chi connectivity index (χ0n) is 16.6. The fourth-order valence-corrected chi connectivity index (χ4v) is 3.65. The maximum absolute atomic E-state index is 11.0. The number of non-ortho nitro benzene ring substituents is 1. The molecule has 3 rings (SSSR count). The number of hydrogen-bond acceptors (Lipinski definition) is 6. The monoisotopic (exact) mass is 385 g/mol. The Morgan fingerprint density at radius 2 is 1.75 bits per heavy atom. The molecule has 0 unspecified atom stereocenters. The molecule has 150 valence electrons. The van der Waals surface area contributed by atoms with Gasteiger partial charge in [0.05, 0.1) is 19.1 Å². The maximum atomic E-state index is 11.0. The van der Waals surface area contributed by atoms with Crippen molar-refractivity contribution >= 4 is 5.69 Å². The number of nitrogens with zero attached hydrogens (tertiary/aromatic N) is 3. The third kappa shape index (κ3) is 4.61. The lowest BCUT2D eigenvalue weighted by molar-refractivity contribution is -0.385. The molecule has 0 saturated carbocycles. The van der Waals surface area contributed by atoms with Gasteiger partial charge in [-0.3, -0.25) is 19.9 Å². The Hall–Kier alpha value is -2.64. The predicted molar refractivity (Wildman–Crippen MR) is 108 cm³/mol. The highest BCUT2D eigenvalue weighted by atomic mass is 16.6. The van der Waals surface area contributed by atoms with Crippen molar-refractivity contribution in [3.63, 3.8) is 0 Å². The van der Waals surface area contributed by atoms with Gasteiger partial charge in [-0.2, -0.15) is 0 Å². The van der Waals surface area contributed by atoms with Gasteiger partial charge in [0.25, 0.3) is 5.69 Å². The molecule has 1 aliphatic rings. The maximum Gasteiger partial charge on any atom is 0.269 e. The first-order valence-corrected chi connectivity index (χ1v) is 9.43. The van der Waals surface area contributed by atoms with E-state index in [0.717, 1.165) is 49.8 Å². The Balaban J connectivity index is 1.58. The molecule has 1 heterocycles. The summed E-state index contributed by atoms with van der Waals surface area (Å²) in [7, 11) is 3.29. The van der Waals surface area contributed by atoms with Gasteiger partial charge in [-0.1, -0.05) is 18.2 Å². The van der Waals surface area contributed by atoms with Gasteiger partial charge >= 0.3 is 0 Å². The van der Waals surface area contributed by atoms with E-state index in [1.54, 1.807) is 26.4 Å². The highest BCUT2D eigenvalue weighted by molar-refractivity contribution is 5.42. The smallest absolute Gasteiger partial charge is 0.269 e. The molecular weight excluding hydrogens is 358 g/mol. The van der Waals surface area contributed by atoms with E-state index in [9.17, 15) is 10.1 Å². The van der Waals surface area contributed by atoms with Crippen LogP contribution in [0.5, 0.6) is 11.5 Å². The Bertz CT molecular complexity index is 819. The number of methoxy groups -OCH3 is 2. The Kier molecular flexibility index (Phi) is 6.49. The minimum absolute atomic E-state index is 0.149. The average molecular weight is 385 g/mol. The summed E-state index contributed by atoms with van der Waals surface area (Å²) in [6.45, 7) is 6.73. The zero-order chi connectivity index (χ0) is 20.1. The van der Waals surface area contributed by atoms with Gasteiger partial charge < -0.3 is 9.47 Å². The molecule has 2 aromatic rings. The number of piperazine rings is 1. The number of rotatable bonds is 7. The van der Waals surface area contributed by atoms with Gasteiger partial charge in [0.1, 0.15) is 0 Å². The van der Waals surface area contributed by atoms with Gasteiger partial charge in [-0.05, 0) is 30.2 Å². The summed E-state index contributed by atoms with van der Waals surface area (Å²) in [5, 5.41) is 11.0. The topological polar surface area (TPSA) is 68.1 Å². The standard InChI is InChI=1S/C21H27N3O4/c1-16(18-5-4-6-19(14-18)24(25)26)23-11-9-22(10-12-23)15-17-7-8-20(27-2)21(13-17)28-3/h4-8,13-14,16H,9-12,15H2,1-3H3/t16-/m0/s1. The molecule has 7 nitrogen and oxygen atoms in total. The van der Waals surface area contributed by atoms with Gasteiger partial charge in [0.2, 0.25) is 0 Å². The molecule has 1 fully saturated rings. The molecular formula is C21H27N3O4. The van der Waals surface area contributed by atoms with E-state index in [1.165, 1.54) is 11.6 Å². The van der Waals surface area contributed by atoms with Crippen LogP contribution < -0.4 is 9.47 Å². The number of benzene rings is 2. The fourth-order valence-electron chi connectivity index (χ4n) is 3.65. The van der Waals surface area contributed by atoms with E-state index in [0.29, 0.717) is 0 Å². The van der Waals surface area contributed by atoms with Crippen LogP contribution in [-0.2, 0) is 6.54 Å². The van der Waals surface area contributed by atoms with Crippen molar-refractivity contribution in [3.05, 3.63) is 63.7 Å². The molecule has 7 heteroatoms. The second-order valence-corrected chi connectivity index (χ2v) is 7.03. The zero-order valence-corrected chi connectivity index (χ0v) is 16.6. The summed E-state index contributed by atoms with van der Waals surface area (Å²) in [4.78, 5) is 15.5. The van der Waals surface area contributed by atoms with Gasteiger partial charge in [0, 0.05) is 50.9 Å². The van der Waals surface area contributed by atoms with Gasteiger partial charge in [0.15, 0.2) is 11.5 Å². The fraction of sp³-hybridized carbons (Fsp3) is 0.429. The van der Waals surface area contributed by atoms with Crippen molar-refractivity contribution in [1.29, 1.82) is 0 Å². The second-order valence-electron chi connectivity index (χ2n) is 7.03. The highest BCUT2D eigenvalue weighted by Crippen LogP contribution is 2.29. The Labute approximate surface area is 165 Å². The molecule has 0 aromatic heterocycles. The van der Waals surface area contributed by atoms with Crippen LogP contribution in [0.2, 0.25) is 0 Å². The summed E-state index contributed by atoms with van der Waals surface area (Å²) in [6.07, 6.45) is 0. The first-order valence-electron chi connectivity index (χ1n) is 9.43. The molecule has 1 aliphatic heterocycles. The molecule has 28 heavy (non-hydrogen) atoms. The van der Waals surface area contributed by atoms with Crippen LogP contribution in [0.1, 0.15) is 24.1 Å². The van der Waals surface area contributed by atoms with E-state index in [4.69, 9.17) is 9.47 Å². The summed E-state index contributed by atoms with van der Waals surface area (Å²) in [6, 6.07) is 13.1. The van der Waals surface area contributed by atoms with Crippen LogP contribution in [0.25, 0.3) is 0 Å². The number of hydrogen-bond donors (Lipinski definition) is 0. The van der Waals surface area contributed by atoms with Crippen molar-refractivity contribution in [1.82, 2.24) is 9.80 Å². The van der Waals surface area contributed by atoms with Gasteiger partial charge in [-0.15, -0.1) is 0 Å². The average Bonchev–Trinajstić information content (AvgIpc) is 2.73. The largest absolute Gasteiger partial charge is 0.493 e. The lowest BCUT2D eigenvalue weighted by Gasteiger charge is -2.38. The molecule has 0 radical (unpaired) electrons. The molecule has 1 atom stereocenters. The molecule has 0 amide bonds. The predicted octanol–water partition coefficient (Wildman–Crippen LogP) is 3.49.